The monoisotopic (exact) mass is 687 g/mol. The van der Waals surface area contributed by atoms with Crippen molar-refractivity contribution in [3.8, 4) is 17.2 Å². The number of benzene rings is 3. The summed E-state index contributed by atoms with van der Waals surface area (Å²) in [5.41, 5.74) is 1.70. The van der Waals surface area contributed by atoms with Crippen LogP contribution in [0.15, 0.2) is 63.9 Å². The van der Waals surface area contributed by atoms with Crippen LogP contribution in [0.2, 0.25) is 0 Å². The maximum atomic E-state index is 13.6. The predicted molar refractivity (Wildman–Crippen MR) is 180 cm³/mol. The third kappa shape index (κ3) is 8.85. The number of hydrogen-bond acceptors (Lipinski definition) is 11. The SMILES string of the molecule is CC(OC(=O)CCc1cc(C(=O)c2ccc(OC3CCCC3)cc2O)ccc1OCc1ccc2c(=O)[nH]oc2c1)OC(=O)OC1CCCCC1. The van der Waals surface area contributed by atoms with E-state index in [9.17, 15) is 24.3 Å². The highest BCUT2D eigenvalue weighted by molar-refractivity contribution is 6.11. The number of ether oxygens (including phenoxy) is 5. The van der Waals surface area contributed by atoms with Crippen LogP contribution in [-0.2, 0) is 32.0 Å². The molecule has 12 nitrogen and oxygen atoms in total. The first-order valence-corrected chi connectivity index (χ1v) is 17.2. The molecule has 2 N–H and O–H groups in total. The van der Waals surface area contributed by atoms with Gasteiger partial charge in [-0.15, -0.1) is 0 Å². The lowest BCUT2D eigenvalue weighted by Gasteiger charge is -2.22. The highest BCUT2D eigenvalue weighted by atomic mass is 16.8. The largest absolute Gasteiger partial charge is 0.511 e. The van der Waals surface area contributed by atoms with E-state index in [4.69, 9.17) is 28.2 Å². The number of hydrogen-bond donors (Lipinski definition) is 2. The number of aromatic hydroxyl groups is 1. The number of rotatable bonds is 13. The van der Waals surface area contributed by atoms with Gasteiger partial charge in [0.1, 0.15) is 30.0 Å². The number of aromatic amines is 1. The fraction of sp³-hybridized carbons (Fsp3) is 0.421. The van der Waals surface area contributed by atoms with E-state index in [0.29, 0.717) is 28.0 Å². The Bertz CT molecular complexity index is 1880. The van der Waals surface area contributed by atoms with Crippen molar-refractivity contribution in [3.05, 3.63) is 87.2 Å². The first-order valence-electron chi connectivity index (χ1n) is 17.2. The molecule has 12 heteroatoms. The number of phenols is 1. The van der Waals surface area contributed by atoms with E-state index in [0.717, 1.165) is 63.4 Å². The molecule has 2 fully saturated rings. The van der Waals surface area contributed by atoms with Gasteiger partial charge in [0.05, 0.1) is 17.1 Å². The molecule has 2 aliphatic rings. The van der Waals surface area contributed by atoms with E-state index in [2.05, 4.69) is 5.16 Å². The zero-order valence-electron chi connectivity index (χ0n) is 27.9. The first-order chi connectivity index (χ1) is 24.2. The lowest BCUT2D eigenvalue weighted by atomic mass is 9.98. The molecule has 50 heavy (non-hydrogen) atoms. The van der Waals surface area contributed by atoms with Crippen molar-refractivity contribution < 1.29 is 47.7 Å². The van der Waals surface area contributed by atoms with Crippen LogP contribution < -0.4 is 15.0 Å². The number of esters is 1. The third-order valence-electron chi connectivity index (χ3n) is 9.05. The lowest BCUT2D eigenvalue weighted by molar-refractivity contribution is -0.169. The van der Waals surface area contributed by atoms with Crippen LogP contribution in [0.1, 0.15) is 98.2 Å². The molecule has 2 aliphatic carbocycles. The highest BCUT2D eigenvalue weighted by Gasteiger charge is 2.23. The van der Waals surface area contributed by atoms with Gasteiger partial charge in [0.2, 0.25) is 6.29 Å². The molecule has 0 amide bonds. The maximum Gasteiger partial charge on any atom is 0.511 e. The number of ketones is 1. The minimum absolute atomic E-state index is 0.103. The van der Waals surface area contributed by atoms with Crippen LogP contribution in [0.3, 0.4) is 0 Å². The Hall–Kier alpha value is -5.26. The van der Waals surface area contributed by atoms with Gasteiger partial charge in [0, 0.05) is 25.0 Å². The molecule has 0 aliphatic heterocycles. The Morgan fingerprint density at radius 2 is 1.66 bits per heavy atom. The van der Waals surface area contributed by atoms with Crippen LogP contribution in [-0.4, -0.2) is 46.7 Å². The molecule has 3 aromatic carbocycles. The second-order valence-electron chi connectivity index (χ2n) is 12.8. The summed E-state index contributed by atoms with van der Waals surface area (Å²) in [5.74, 6) is -0.328. The van der Waals surface area contributed by atoms with Crippen molar-refractivity contribution in [3.63, 3.8) is 0 Å². The first kappa shape index (κ1) is 34.6. The maximum absolute atomic E-state index is 13.6. The van der Waals surface area contributed by atoms with Gasteiger partial charge < -0.3 is 33.3 Å². The summed E-state index contributed by atoms with van der Waals surface area (Å²) in [6, 6.07) is 14.6. The second-order valence-corrected chi connectivity index (χ2v) is 12.8. The summed E-state index contributed by atoms with van der Waals surface area (Å²) < 4.78 is 33.1. The van der Waals surface area contributed by atoms with Gasteiger partial charge >= 0.3 is 12.1 Å². The molecule has 0 radical (unpaired) electrons. The number of carbonyl (C=O) groups is 3. The number of phenolic OH excluding ortho intramolecular Hbond substituents is 1. The molecule has 1 aromatic heterocycles. The standard InChI is InChI=1S/C38H41NO11/c1-23(47-38(44)49-28-7-3-2-4-8-28)46-35(41)18-13-25-20-26(36(42)30-16-14-29(21-32(30)40)48-27-9-5-6-10-27)12-17-33(25)45-22-24-11-15-31-34(19-24)50-39-37(31)43/h11-12,14-17,19-21,23,27-28,40H,2-10,13,18,22H2,1H3,(H,39,43). The number of aryl methyl sites for hydroxylation is 1. The number of H-pyrrole nitrogens is 1. The fourth-order valence-corrected chi connectivity index (χ4v) is 6.42. The molecule has 1 atom stereocenters. The topological polar surface area (TPSA) is 164 Å². The van der Waals surface area contributed by atoms with Gasteiger partial charge in [-0.1, -0.05) is 12.5 Å². The Morgan fingerprint density at radius 1 is 0.900 bits per heavy atom. The van der Waals surface area contributed by atoms with Gasteiger partial charge in [-0.2, -0.15) is 5.16 Å². The van der Waals surface area contributed by atoms with Gasteiger partial charge in [-0.3, -0.25) is 14.4 Å². The highest BCUT2D eigenvalue weighted by Crippen LogP contribution is 2.31. The van der Waals surface area contributed by atoms with Gasteiger partial charge in [0.25, 0.3) is 5.56 Å². The van der Waals surface area contributed by atoms with E-state index >= 15 is 0 Å². The normalized spacial score (nSPS) is 15.8. The summed E-state index contributed by atoms with van der Waals surface area (Å²) in [7, 11) is 0. The Labute approximate surface area is 288 Å². The molecule has 2 saturated carbocycles. The summed E-state index contributed by atoms with van der Waals surface area (Å²) in [6.07, 6.45) is 6.68. The number of nitrogens with one attached hydrogen (secondary N) is 1. The van der Waals surface area contributed by atoms with Crippen LogP contribution in [0, 0.1) is 0 Å². The molecule has 1 heterocycles. The average Bonchev–Trinajstić information content (AvgIpc) is 3.75. The molecule has 0 saturated heterocycles. The zero-order chi connectivity index (χ0) is 35.0. The molecule has 0 bridgehead atoms. The van der Waals surface area contributed by atoms with E-state index < -0.39 is 24.2 Å². The van der Waals surface area contributed by atoms with E-state index in [1.807, 2.05) is 0 Å². The van der Waals surface area contributed by atoms with Crippen molar-refractivity contribution in [1.29, 1.82) is 0 Å². The van der Waals surface area contributed by atoms with Crippen LogP contribution in [0.25, 0.3) is 11.0 Å². The second kappa shape index (κ2) is 16.0. The summed E-state index contributed by atoms with van der Waals surface area (Å²) in [6.45, 7) is 1.54. The zero-order valence-corrected chi connectivity index (χ0v) is 27.9. The predicted octanol–water partition coefficient (Wildman–Crippen LogP) is 7.27. The quantitative estimate of drug-likeness (QED) is 0.0826. The van der Waals surface area contributed by atoms with Crippen molar-refractivity contribution in [2.24, 2.45) is 0 Å². The third-order valence-corrected chi connectivity index (χ3v) is 9.05. The molecule has 6 rings (SSSR count). The van der Waals surface area contributed by atoms with Crippen molar-refractivity contribution in [2.45, 2.75) is 103 Å². The number of carbonyl (C=O) groups excluding carboxylic acids is 3. The minimum Gasteiger partial charge on any atom is -0.507 e. The van der Waals surface area contributed by atoms with E-state index in [1.165, 1.54) is 13.0 Å². The summed E-state index contributed by atoms with van der Waals surface area (Å²) in [5, 5.41) is 13.5. The van der Waals surface area contributed by atoms with Gasteiger partial charge in [-0.05, 0) is 111 Å². The van der Waals surface area contributed by atoms with Gasteiger partial charge in [-0.25, -0.2) is 4.79 Å². The minimum atomic E-state index is -1.16. The van der Waals surface area contributed by atoms with Gasteiger partial charge in [0.15, 0.2) is 11.4 Å². The smallest absolute Gasteiger partial charge is 0.507 e. The van der Waals surface area contributed by atoms with Crippen molar-refractivity contribution in [2.75, 3.05) is 0 Å². The Kier molecular flexibility index (Phi) is 11.0. The van der Waals surface area contributed by atoms with E-state index in [-0.39, 0.29) is 54.1 Å². The van der Waals surface area contributed by atoms with E-state index in [1.54, 1.807) is 48.5 Å². The molecular weight excluding hydrogens is 646 g/mol. The van der Waals surface area contributed by atoms with Crippen LogP contribution >= 0.6 is 0 Å². The Morgan fingerprint density at radius 3 is 2.44 bits per heavy atom. The molecule has 0 spiro atoms. The molecular formula is C38H41NO11. The molecule has 1 unspecified atom stereocenters. The van der Waals surface area contributed by atoms with Crippen molar-refractivity contribution >= 4 is 28.9 Å². The van der Waals surface area contributed by atoms with Crippen LogP contribution in [0.4, 0.5) is 4.79 Å². The number of aromatic nitrogens is 1. The average molecular weight is 688 g/mol. The van der Waals surface area contributed by atoms with Crippen LogP contribution in [0.5, 0.6) is 17.2 Å². The molecule has 264 valence electrons. The summed E-state index contributed by atoms with van der Waals surface area (Å²) in [4.78, 5) is 50.4. The Balaban J connectivity index is 1.13. The fourth-order valence-electron chi connectivity index (χ4n) is 6.42. The number of fused-ring (bicyclic) bond motifs is 1. The summed E-state index contributed by atoms with van der Waals surface area (Å²) >= 11 is 0. The molecule has 4 aromatic rings. The lowest BCUT2D eigenvalue weighted by Crippen LogP contribution is -2.26. The van der Waals surface area contributed by atoms with Crippen molar-refractivity contribution in [1.82, 2.24) is 5.16 Å².